The molecule has 3 nitrogen and oxygen atoms in total. The number of thioether (sulfide) groups is 1. The molecule has 0 bridgehead atoms. The quantitative estimate of drug-likeness (QED) is 0.621. The monoisotopic (exact) mass is 205 g/mol. The van der Waals surface area contributed by atoms with Crippen LogP contribution in [0.4, 0.5) is 0 Å². The zero-order chi connectivity index (χ0) is 10.3. The Morgan fingerprint density at radius 2 is 2.15 bits per heavy atom. The summed E-state index contributed by atoms with van der Waals surface area (Å²) in [5.41, 5.74) is 4.52. The van der Waals surface area contributed by atoms with Crippen LogP contribution in [0.2, 0.25) is 0 Å². The van der Waals surface area contributed by atoms with E-state index in [4.69, 9.17) is 10.8 Å². The van der Waals surface area contributed by atoms with Crippen LogP contribution in [0.25, 0.3) is 0 Å². The minimum absolute atomic E-state index is 0.555. The summed E-state index contributed by atoms with van der Waals surface area (Å²) >= 11 is 1.86. The number of carbonyl (C=O) groups is 1. The predicted molar refractivity (Wildman–Crippen MR) is 57.1 cm³/mol. The van der Waals surface area contributed by atoms with Crippen LogP contribution < -0.4 is 5.73 Å². The lowest BCUT2D eigenvalue weighted by atomic mass is 9.98. The van der Waals surface area contributed by atoms with Gasteiger partial charge in [0.1, 0.15) is 5.54 Å². The first-order valence-electron chi connectivity index (χ1n) is 4.60. The van der Waals surface area contributed by atoms with Gasteiger partial charge in [0.05, 0.1) is 0 Å². The Hall–Kier alpha value is -0.220. The van der Waals surface area contributed by atoms with E-state index in [0.717, 1.165) is 17.9 Å². The Morgan fingerprint density at radius 1 is 1.54 bits per heavy atom. The lowest BCUT2D eigenvalue weighted by Crippen LogP contribution is -2.44. The van der Waals surface area contributed by atoms with Gasteiger partial charge in [-0.15, -0.1) is 0 Å². The molecule has 0 aromatic rings. The highest BCUT2D eigenvalue weighted by Crippen LogP contribution is 2.13. The van der Waals surface area contributed by atoms with Gasteiger partial charge in [0, 0.05) is 0 Å². The molecule has 3 N–H and O–H groups in total. The first-order chi connectivity index (χ1) is 6.00. The molecule has 1 unspecified atom stereocenters. The zero-order valence-electron chi connectivity index (χ0n) is 8.38. The molecule has 0 saturated carbocycles. The summed E-state index contributed by atoms with van der Waals surface area (Å²) in [7, 11) is 0. The highest BCUT2D eigenvalue weighted by molar-refractivity contribution is 7.99. The van der Waals surface area contributed by atoms with Gasteiger partial charge in [-0.1, -0.05) is 6.92 Å². The summed E-state index contributed by atoms with van der Waals surface area (Å²) in [5, 5.41) is 8.71. The Balaban J connectivity index is 3.46. The van der Waals surface area contributed by atoms with Gasteiger partial charge < -0.3 is 10.8 Å². The highest BCUT2D eigenvalue weighted by atomic mass is 32.2. The first-order valence-corrected chi connectivity index (χ1v) is 5.76. The van der Waals surface area contributed by atoms with Crippen molar-refractivity contribution in [1.82, 2.24) is 0 Å². The summed E-state index contributed by atoms with van der Waals surface area (Å²) in [6.07, 6.45) is 2.60. The van der Waals surface area contributed by atoms with Crippen molar-refractivity contribution in [1.29, 1.82) is 0 Å². The molecule has 78 valence electrons. The van der Waals surface area contributed by atoms with Crippen molar-refractivity contribution in [2.24, 2.45) is 5.73 Å². The number of aliphatic carboxylic acids is 1. The third kappa shape index (κ3) is 5.93. The standard InChI is InChI=1S/C9H19NO2S/c1-3-6-13-7-4-5-9(2,10)8(11)12/h3-7,10H2,1-2H3,(H,11,12). The molecule has 0 amide bonds. The number of hydrogen-bond acceptors (Lipinski definition) is 3. The van der Waals surface area contributed by atoms with Crippen LogP contribution in [0, 0.1) is 0 Å². The van der Waals surface area contributed by atoms with Gasteiger partial charge >= 0.3 is 5.97 Å². The molecule has 0 heterocycles. The normalized spacial score (nSPS) is 15.3. The predicted octanol–water partition coefficient (Wildman–Crippen LogP) is 1.71. The average Bonchev–Trinajstić information content (AvgIpc) is 2.03. The van der Waals surface area contributed by atoms with Crippen molar-refractivity contribution >= 4 is 17.7 Å². The van der Waals surface area contributed by atoms with E-state index in [1.165, 1.54) is 6.42 Å². The fraction of sp³-hybridized carbons (Fsp3) is 0.889. The van der Waals surface area contributed by atoms with Gasteiger partial charge in [0.25, 0.3) is 0 Å². The summed E-state index contributed by atoms with van der Waals surface area (Å²) < 4.78 is 0. The smallest absolute Gasteiger partial charge is 0.323 e. The molecule has 1 atom stereocenters. The Morgan fingerprint density at radius 3 is 2.62 bits per heavy atom. The number of rotatable bonds is 7. The summed E-state index contributed by atoms with van der Waals surface area (Å²) in [4.78, 5) is 10.6. The van der Waals surface area contributed by atoms with Gasteiger partial charge in [-0.2, -0.15) is 11.8 Å². The number of hydrogen-bond donors (Lipinski definition) is 2. The molecule has 0 aromatic heterocycles. The average molecular weight is 205 g/mol. The number of carboxylic acids is 1. The molecular formula is C9H19NO2S. The van der Waals surface area contributed by atoms with Crippen LogP contribution in [0.3, 0.4) is 0 Å². The van der Waals surface area contributed by atoms with Crippen molar-refractivity contribution in [3.05, 3.63) is 0 Å². The maximum Gasteiger partial charge on any atom is 0.323 e. The second-order valence-corrected chi connectivity index (χ2v) is 4.66. The lowest BCUT2D eigenvalue weighted by molar-refractivity contribution is -0.142. The second kappa shape index (κ2) is 6.27. The minimum Gasteiger partial charge on any atom is -0.480 e. The van der Waals surface area contributed by atoms with Gasteiger partial charge in [-0.05, 0) is 37.7 Å². The van der Waals surface area contributed by atoms with Crippen LogP contribution in [0.5, 0.6) is 0 Å². The Kier molecular flexibility index (Phi) is 6.16. The molecular weight excluding hydrogens is 186 g/mol. The van der Waals surface area contributed by atoms with Crippen LogP contribution in [-0.4, -0.2) is 28.1 Å². The van der Waals surface area contributed by atoms with Crippen molar-refractivity contribution < 1.29 is 9.90 Å². The SMILES string of the molecule is CCCSCCCC(C)(N)C(=O)O. The molecule has 0 aliphatic rings. The van der Waals surface area contributed by atoms with Gasteiger partial charge in [0.2, 0.25) is 0 Å². The fourth-order valence-electron chi connectivity index (χ4n) is 0.895. The van der Waals surface area contributed by atoms with E-state index < -0.39 is 11.5 Å². The molecule has 0 fully saturated rings. The van der Waals surface area contributed by atoms with Crippen LogP contribution in [-0.2, 0) is 4.79 Å². The first kappa shape index (κ1) is 12.8. The van der Waals surface area contributed by atoms with Gasteiger partial charge in [-0.3, -0.25) is 4.79 Å². The molecule has 0 aromatic carbocycles. The third-order valence-corrected chi connectivity index (χ3v) is 3.10. The van der Waals surface area contributed by atoms with Crippen molar-refractivity contribution in [3.63, 3.8) is 0 Å². The van der Waals surface area contributed by atoms with E-state index >= 15 is 0 Å². The molecule has 0 aliphatic carbocycles. The molecule has 0 radical (unpaired) electrons. The fourth-order valence-corrected chi connectivity index (χ4v) is 1.74. The van der Waals surface area contributed by atoms with E-state index in [-0.39, 0.29) is 0 Å². The van der Waals surface area contributed by atoms with Crippen LogP contribution in [0.1, 0.15) is 33.1 Å². The molecule has 13 heavy (non-hydrogen) atoms. The maximum absolute atomic E-state index is 10.6. The largest absolute Gasteiger partial charge is 0.480 e. The maximum atomic E-state index is 10.6. The summed E-state index contributed by atoms with van der Waals surface area (Å²) in [6.45, 7) is 3.71. The van der Waals surface area contributed by atoms with Crippen LogP contribution in [0.15, 0.2) is 0 Å². The molecule has 0 aliphatic heterocycles. The van der Waals surface area contributed by atoms with E-state index in [9.17, 15) is 4.79 Å². The molecule has 0 rings (SSSR count). The highest BCUT2D eigenvalue weighted by Gasteiger charge is 2.26. The van der Waals surface area contributed by atoms with Crippen molar-refractivity contribution in [2.45, 2.75) is 38.6 Å². The number of nitrogens with two attached hydrogens (primary N) is 1. The minimum atomic E-state index is -1.05. The zero-order valence-corrected chi connectivity index (χ0v) is 9.19. The van der Waals surface area contributed by atoms with Crippen molar-refractivity contribution in [2.75, 3.05) is 11.5 Å². The Labute approximate surface area is 84.1 Å². The van der Waals surface area contributed by atoms with E-state index in [2.05, 4.69) is 6.92 Å². The lowest BCUT2D eigenvalue weighted by Gasteiger charge is -2.18. The Bertz CT molecular complexity index is 160. The van der Waals surface area contributed by atoms with Gasteiger partial charge in [-0.25, -0.2) is 0 Å². The molecule has 0 spiro atoms. The third-order valence-electron chi connectivity index (χ3n) is 1.82. The van der Waals surface area contributed by atoms with E-state index in [1.54, 1.807) is 6.92 Å². The molecule has 4 heteroatoms. The topological polar surface area (TPSA) is 63.3 Å². The van der Waals surface area contributed by atoms with E-state index in [1.807, 2.05) is 11.8 Å². The summed E-state index contributed by atoms with van der Waals surface area (Å²) in [5.74, 6) is 1.25. The summed E-state index contributed by atoms with van der Waals surface area (Å²) in [6, 6.07) is 0. The van der Waals surface area contributed by atoms with Crippen molar-refractivity contribution in [3.8, 4) is 0 Å². The van der Waals surface area contributed by atoms with Gasteiger partial charge in [0.15, 0.2) is 0 Å². The second-order valence-electron chi connectivity index (χ2n) is 3.44. The molecule has 0 saturated heterocycles. The van der Waals surface area contributed by atoms with E-state index in [0.29, 0.717) is 6.42 Å². The number of carboxylic acid groups (broad SMARTS) is 1. The van der Waals surface area contributed by atoms with Crippen LogP contribution >= 0.6 is 11.8 Å².